The van der Waals surface area contributed by atoms with Crippen molar-refractivity contribution in [1.82, 2.24) is 0 Å². The highest BCUT2D eigenvalue weighted by Crippen LogP contribution is 2.17. The summed E-state index contributed by atoms with van der Waals surface area (Å²) in [7, 11) is 0. The van der Waals surface area contributed by atoms with Crippen molar-refractivity contribution in [2.75, 3.05) is 6.61 Å². The molecule has 0 aliphatic carbocycles. The molecule has 0 bridgehead atoms. The molecule has 2 rings (SSSR count). The van der Waals surface area contributed by atoms with Crippen LogP contribution in [0.25, 0.3) is 0 Å². The average Bonchev–Trinajstić information content (AvgIpc) is 2.41. The van der Waals surface area contributed by atoms with Gasteiger partial charge in [-0.15, -0.1) is 0 Å². The zero-order chi connectivity index (χ0) is 13.7. The first-order valence-electron chi connectivity index (χ1n) is 6.17. The van der Waals surface area contributed by atoms with Gasteiger partial charge in [-0.1, -0.05) is 36.4 Å². The first kappa shape index (κ1) is 13.1. The highest BCUT2D eigenvalue weighted by molar-refractivity contribution is 5.89. The molecule has 0 amide bonds. The Kier molecular flexibility index (Phi) is 4.18. The van der Waals surface area contributed by atoms with Gasteiger partial charge < -0.3 is 9.84 Å². The van der Waals surface area contributed by atoms with E-state index in [2.05, 4.69) is 0 Å². The normalized spacial score (nSPS) is 10.2. The zero-order valence-electron chi connectivity index (χ0n) is 10.8. The predicted octanol–water partition coefficient (Wildman–Crippen LogP) is 3.31. The summed E-state index contributed by atoms with van der Waals surface area (Å²) in [4.78, 5) is 11.0. The molecule has 0 aliphatic rings. The Labute approximate surface area is 112 Å². The Balaban J connectivity index is 1.97. The van der Waals surface area contributed by atoms with Crippen LogP contribution in [0.1, 0.15) is 21.5 Å². The third-order valence-electron chi connectivity index (χ3n) is 2.94. The smallest absolute Gasteiger partial charge is 0.336 e. The van der Waals surface area contributed by atoms with Gasteiger partial charge in [-0.2, -0.15) is 0 Å². The number of aryl methyl sites for hydroxylation is 1. The summed E-state index contributed by atoms with van der Waals surface area (Å²) in [5.74, 6) is -0.329. The summed E-state index contributed by atoms with van der Waals surface area (Å²) in [6, 6.07) is 15.2. The Bertz CT molecular complexity index is 561. The molecule has 0 unspecified atom stereocenters. The van der Waals surface area contributed by atoms with Crippen LogP contribution < -0.4 is 4.74 Å². The van der Waals surface area contributed by atoms with Crippen LogP contribution in [-0.2, 0) is 6.42 Å². The van der Waals surface area contributed by atoms with Crippen LogP contribution in [0.4, 0.5) is 0 Å². The SMILES string of the molecule is Cc1ccc(OCCc2ccccc2)cc1C(=O)O. The molecule has 0 spiro atoms. The minimum atomic E-state index is -0.925. The van der Waals surface area contributed by atoms with Gasteiger partial charge in [0.05, 0.1) is 12.2 Å². The number of hydrogen-bond donors (Lipinski definition) is 1. The maximum Gasteiger partial charge on any atom is 0.336 e. The van der Waals surface area contributed by atoms with E-state index in [4.69, 9.17) is 9.84 Å². The maximum atomic E-state index is 11.0. The molecule has 0 atom stereocenters. The third-order valence-corrected chi connectivity index (χ3v) is 2.94. The van der Waals surface area contributed by atoms with E-state index in [1.807, 2.05) is 30.3 Å². The van der Waals surface area contributed by atoms with Crippen molar-refractivity contribution in [2.45, 2.75) is 13.3 Å². The van der Waals surface area contributed by atoms with Gasteiger partial charge in [0.25, 0.3) is 0 Å². The molecule has 1 N–H and O–H groups in total. The summed E-state index contributed by atoms with van der Waals surface area (Å²) in [6.45, 7) is 2.31. The summed E-state index contributed by atoms with van der Waals surface area (Å²) in [6.07, 6.45) is 0.803. The topological polar surface area (TPSA) is 46.5 Å². The standard InChI is InChI=1S/C16H16O3/c1-12-7-8-14(11-15(12)16(17)18)19-10-9-13-5-3-2-4-6-13/h2-8,11H,9-10H2,1H3,(H,17,18). The molecule has 0 radical (unpaired) electrons. The summed E-state index contributed by atoms with van der Waals surface area (Å²) < 4.78 is 5.59. The van der Waals surface area contributed by atoms with E-state index in [1.54, 1.807) is 25.1 Å². The van der Waals surface area contributed by atoms with E-state index >= 15 is 0 Å². The number of aromatic carboxylic acids is 1. The van der Waals surface area contributed by atoms with Gasteiger partial charge in [-0.3, -0.25) is 0 Å². The number of rotatable bonds is 5. The second-order valence-electron chi connectivity index (χ2n) is 4.37. The van der Waals surface area contributed by atoms with Gasteiger partial charge in [0.15, 0.2) is 0 Å². The van der Waals surface area contributed by atoms with Crippen molar-refractivity contribution >= 4 is 5.97 Å². The molecule has 98 valence electrons. The molecule has 2 aromatic rings. The van der Waals surface area contributed by atoms with E-state index in [0.29, 0.717) is 12.4 Å². The van der Waals surface area contributed by atoms with Gasteiger partial charge in [-0.25, -0.2) is 4.79 Å². The lowest BCUT2D eigenvalue weighted by Crippen LogP contribution is -2.04. The van der Waals surface area contributed by atoms with Gasteiger partial charge >= 0.3 is 5.97 Å². The highest BCUT2D eigenvalue weighted by Gasteiger charge is 2.08. The number of benzene rings is 2. The Morgan fingerprint density at radius 3 is 2.58 bits per heavy atom. The van der Waals surface area contributed by atoms with Crippen LogP contribution in [0.2, 0.25) is 0 Å². The lowest BCUT2D eigenvalue weighted by molar-refractivity contribution is 0.0695. The summed E-state index contributed by atoms with van der Waals surface area (Å²) in [5, 5.41) is 9.04. The van der Waals surface area contributed by atoms with Crippen LogP contribution >= 0.6 is 0 Å². The fourth-order valence-electron chi connectivity index (χ4n) is 1.85. The van der Waals surface area contributed by atoms with E-state index in [9.17, 15) is 4.79 Å². The van der Waals surface area contributed by atoms with Crippen LogP contribution in [0.15, 0.2) is 48.5 Å². The lowest BCUT2D eigenvalue weighted by atomic mass is 10.1. The molecule has 0 saturated carbocycles. The number of carbonyl (C=O) groups is 1. The first-order valence-corrected chi connectivity index (χ1v) is 6.17. The molecule has 0 heterocycles. The van der Waals surface area contributed by atoms with Gasteiger partial charge in [0, 0.05) is 6.42 Å². The number of hydrogen-bond acceptors (Lipinski definition) is 2. The molecule has 3 nitrogen and oxygen atoms in total. The van der Waals surface area contributed by atoms with Crippen LogP contribution in [0.5, 0.6) is 5.75 Å². The predicted molar refractivity (Wildman–Crippen MR) is 73.8 cm³/mol. The molecule has 0 saturated heterocycles. The number of ether oxygens (including phenoxy) is 1. The molecule has 19 heavy (non-hydrogen) atoms. The molecule has 0 fully saturated rings. The minimum Gasteiger partial charge on any atom is -0.493 e. The second-order valence-corrected chi connectivity index (χ2v) is 4.37. The maximum absolute atomic E-state index is 11.0. The fraction of sp³-hybridized carbons (Fsp3) is 0.188. The summed E-state index contributed by atoms with van der Waals surface area (Å²) >= 11 is 0. The monoisotopic (exact) mass is 256 g/mol. The van der Waals surface area contributed by atoms with Crippen molar-refractivity contribution in [3.8, 4) is 5.75 Å². The number of carboxylic acids is 1. The highest BCUT2D eigenvalue weighted by atomic mass is 16.5. The fourth-order valence-corrected chi connectivity index (χ4v) is 1.85. The van der Waals surface area contributed by atoms with Gasteiger partial charge in [0.2, 0.25) is 0 Å². The lowest BCUT2D eigenvalue weighted by Gasteiger charge is -2.08. The molecule has 0 aliphatic heterocycles. The Hall–Kier alpha value is -2.29. The van der Waals surface area contributed by atoms with Crippen LogP contribution in [0, 0.1) is 6.92 Å². The quantitative estimate of drug-likeness (QED) is 0.892. The third kappa shape index (κ3) is 3.58. The summed E-state index contributed by atoms with van der Waals surface area (Å²) in [5.41, 5.74) is 2.23. The van der Waals surface area contributed by atoms with Gasteiger partial charge in [-0.05, 0) is 30.2 Å². The van der Waals surface area contributed by atoms with Crippen molar-refractivity contribution < 1.29 is 14.6 Å². The average molecular weight is 256 g/mol. The van der Waals surface area contributed by atoms with Crippen molar-refractivity contribution in [3.05, 3.63) is 65.2 Å². The van der Waals surface area contributed by atoms with E-state index in [1.165, 1.54) is 5.56 Å². The van der Waals surface area contributed by atoms with E-state index < -0.39 is 5.97 Å². The largest absolute Gasteiger partial charge is 0.493 e. The van der Waals surface area contributed by atoms with Crippen molar-refractivity contribution in [2.24, 2.45) is 0 Å². The van der Waals surface area contributed by atoms with Crippen molar-refractivity contribution in [3.63, 3.8) is 0 Å². The van der Waals surface area contributed by atoms with Gasteiger partial charge in [0.1, 0.15) is 5.75 Å². The minimum absolute atomic E-state index is 0.289. The van der Waals surface area contributed by atoms with Crippen LogP contribution in [-0.4, -0.2) is 17.7 Å². The molecule has 2 aromatic carbocycles. The Morgan fingerprint density at radius 2 is 1.89 bits per heavy atom. The van der Waals surface area contributed by atoms with E-state index in [0.717, 1.165) is 12.0 Å². The first-order chi connectivity index (χ1) is 9.16. The Morgan fingerprint density at radius 1 is 1.16 bits per heavy atom. The van der Waals surface area contributed by atoms with Crippen molar-refractivity contribution in [1.29, 1.82) is 0 Å². The molecule has 3 heteroatoms. The zero-order valence-corrected chi connectivity index (χ0v) is 10.8. The molecule has 0 aromatic heterocycles. The molecular formula is C16H16O3. The van der Waals surface area contributed by atoms with E-state index in [-0.39, 0.29) is 5.56 Å². The van der Waals surface area contributed by atoms with Crippen LogP contribution in [0.3, 0.4) is 0 Å². The molecular weight excluding hydrogens is 240 g/mol. The number of carboxylic acid groups (broad SMARTS) is 1. The second kappa shape index (κ2) is 6.05.